The van der Waals surface area contributed by atoms with E-state index in [0.29, 0.717) is 16.5 Å². The summed E-state index contributed by atoms with van der Waals surface area (Å²) in [6.07, 6.45) is 0. The highest BCUT2D eigenvalue weighted by Crippen LogP contribution is 2.24. The number of methoxy groups -OCH3 is 1. The van der Waals surface area contributed by atoms with Crippen LogP contribution in [0.25, 0.3) is 0 Å². The minimum Gasteiger partial charge on any atom is -0.495 e. The molecule has 0 aliphatic heterocycles. The van der Waals surface area contributed by atoms with Crippen molar-refractivity contribution in [1.82, 2.24) is 0 Å². The third-order valence-corrected chi connectivity index (χ3v) is 5.13. The number of hydrazone groups is 1. The number of halogens is 1. The first-order valence-electron chi connectivity index (χ1n) is 7.54. The third kappa shape index (κ3) is 4.53. The monoisotopic (exact) mass is 396 g/mol. The molecule has 0 unspecified atom stereocenters. The van der Waals surface area contributed by atoms with Gasteiger partial charge in [0.2, 0.25) is 9.84 Å². The fourth-order valence-electron chi connectivity index (χ4n) is 1.98. The fraction of sp³-hybridized carbons (Fsp3) is 0.176. The minimum absolute atomic E-state index is 0.00263. The molecule has 0 atom stereocenters. The van der Waals surface area contributed by atoms with Crippen LogP contribution in [0.4, 0.5) is 5.69 Å². The van der Waals surface area contributed by atoms with Crippen LogP contribution in [0.1, 0.15) is 6.92 Å². The van der Waals surface area contributed by atoms with Gasteiger partial charge < -0.3 is 9.47 Å². The Bertz CT molecular complexity index is 911. The van der Waals surface area contributed by atoms with Gasteiger partial charge >= 0.3 is 5.97 Å². The second-order valence-corrected chi connectivity index (χ2v) is 7.21. The van der Waals surface area contributed by atoms with Crippen LogP contribution in [0.5, 0.6) is 5.75 Å². The van der Waals surface area contributed by atoms with E-state index in [1.165, 1.54) is 31.4 Å². The zero-order chi connectivity index (χ0) is 19.2. The number of sulfone groups is 1. The van der Waals surface area contributed by atoms with Crippen molar-refractivity contribution >= 4 is 38.1 Å². The first kappa shape index (κ1) is 19.7. The average molecular weight is 397 g/mol. The van der Waals surface area contributed by atoms with Crippen LogP contribution in [0.2, 0.25) is 5.02 Å². The van der Waals surface area contributed by atoms with E-state index in [1.54, 1.807) is 31.2 Å². The standard InChI is InChI=1S/C17H17ClN2O5S/c1-3-25-17(21)16(20-19-14-6-4-5-7-15(14)24-2)26(22,23)13-10-8-12(18)9-11-13/h4-11,19H,3H2,1-2H3. The summed E-state index contributed by atoms with van der Waals surface area (Å²) in [4.78, 5) is 12.0. The molecule has 7 nitrogen and oxygen atoms in total. The molecular weight excluding hydrogens is 380 g/mol. The molecule has 0 amide bonds. The van der Waals surface area contributed by atoms with Gasteiger partial charge in [0.25, 0.3) is 5.04 Å². The lowest BCUT2D eigenvalue weighted by Crippen LogP contribution is -2.28. The Morgan fingerprint density at radius 1 is 1.15 bits per heavy atom. The van der Waals surface area contributed by atoms with Gasteiger partial charge in [-0.05, 0) is 43.3 Å². The van der Waals surface area contributed by atoms with Crippen LogP contribution in [0.15, 0.2) is 58.5 Å². The Balaban J connectivity index is 2.46. The van der Waals surface area contributed by atoms with Gasteiger partial charge in [0.15, 0.2) is 0 Å². The van der Waals surface area contributed by atoms with Gasteiger partial charge in [0.1, 0.15) is 5.75 Å². The lowest BCUT2D eigenvalue weighted by Gasteiger charge is -2.10. The molecule has 1 N–H and O–H groups in total. The summed E-state index contributed by atoms with van der Waals surface area (Å²) in [5.41, 5.74) is 2.94. The normalized spacial score (nSPS) is 11.7. The van der Waals surface area contributed by atoms with E-state index in [0.717, 1.165) is 0 Å². The molecule has 2 aromatic rings. The molecule has 0 fully saturated rings. The number of anilines is 1. The van der Waals surface area contributed by atoms with Crippen molar-refractivity contribution in [3.8, 4) is 5.75 Å². The summed E-state index contributed by atoms with van der Waals surface area (Å²) >= 11 is 5.79. The molecule has 0 bridgehead atoms. The van der Waals surface area contributed by atoms with Crippen LogP contribution in [0.3, 0.4) is 0 Å². The van der Waals surface area contributed by atoms with Crippen LogP contribution in [0, 0.1) is 0 Å². The molecule has 0 aliphatic rings. The van der Waals surface area contributed by atoms with Crippen molar-refractivity contribution in [3.05, 3.63) is 53.6 Å². The highest BCUT2D eigenvalue weighted by Gasteiger charge is 2.31. The molecule has 138 valence electrons. The zero-order valence-corrected chi connectivity index (χ0v) is 15.7. The Kier molecular flexibility index (Phi) is 6.59. The highest BCUT2D eigenvalue weighted by atomic mass is 35.5. The molecule has 0 aromatic heterocycles. The summed E-state index contributed by atoms with van der Waals surface area (Å²) in [7, 11) is -2.76. The van der Waals surface area contributed by atoms with Crippen LogP contribution in [-0.4, -0.2) is 33.1 Å². The maximum atomic E-state index is 12.8. The quantitative estimate of drug-likeness (QED) is 0.361. The maximum Gasteiger partial charge on any atom is 0.371 e. The van der Waals surface area contributed by atoms with Crippen molar-refractivity contribution in [2.24, 2.45) is 5.10 Å². The number of para-hydroxylation sites is 2. The second-order valence-electron chi connectivity index (χ2n) is 4.91. The van der Waals surface area contributed by atoms with E-state index >= 15 is 0 Å². The van der Waals surface area contributed by atoms with E-state index in [1.807, 2.05) is 0 Å². The summed E-state index contributed by atoms with van der Waals surface area (Å²) < 4.78 is 35.6. The summed E-state index contributed by atoms with van der Waals surface area (Å²) in [5.74, 6) is -0.631. The predicted octanol–water partition coefficient (Wildman–Crippen LogP) is 3.11. The smallest absolute Gasteiger partial charge is 0.371 e. The van der Waals surface area contributed by atoms with Gasteiger partial charge in [-0.25, -0.2) is 13.2 Å². The van der Waals surface area contributed by atoms with Crippen molar-refractivity contribution in [3.63, 3.8) is 0 Å². The predicted molar refractivity (Wildman–Crippen MR) is 99.3 cm³/mol. The zero-order valence-electron chi connectivity index (χ0n) is 14.1. The molecule has 0 heterocycles. The van der Waals surface area contributed by atoms with Crippen LogP contribution >= 0.6 is 11.6 Å². The molecular formula is C17H17ClN2O5S. The number of ether oxygens (including phenoxy) is 2. The van der Waals surface area contributed by atoms with Gasteiger partial charge in [-0.3, -0.25) is 5.43 Å². The van der Waals surface area contributed by atoms with Gasteiger partial charge in [-0.1, -0.05) is 23.7 Å². The Morgan fingerprint density at radius 2 is 1.81 bits per heavy atom. The number of hydrogen-bond donors (Lipinski definition) is 1. The SMILES string of the molecule is CCOC(=O)C(=NNc1ccccc1OC)S(=O)(=O)c1ccc(Cl)cc1. The van der Waals surface area contributed by atoms with E-state index in [2.05, 4.69) is 10.5 Å². The summed E-state index contributed by atoms with van der Waals surface area (Å²) in [6.45, 7) is 1.57. The molecule has 0 saturated heterocycles. The third-order valence-electron chi connectivity index (χ3n) is 3.21. The number of carbonyl (C=O) groups excluding carboxylic acids is 1. The Labute approximate surface area is 156 Å². The highest BCUT2D eigenvalue weighted by molar-refractivity contribution is 8.08. The van der Waals surface area contributed by atoms with Gasteiger partial charge in [0, 0.05) is 5.02 Å². The first-order chi connectivity index (χ1) is 12.4. The number of esters is 1. The van der Waals surface area contributed by atoms with Crippen molar-refractivity contribution in [1.29, 1.82) is 0 Å². The van der Waals surface area contributed by atoms with E-state index in [-0.39, 0.29) is 11.5 Å². The molecule has 0 radical (unpaired) electrons. The lowest BCUT2D eigenvalue weighted by molar-refractivity contribution is -0.134. The van der Waals surface area contributed by atoms with Gasteiger partial charge in [-0.2, -0.15) is 5.10 Å². The largest absolute Gasteiger partial charge is 0.495 e. The number of rotatable bonds is 5. The molecule has 0 aliphatic carbocycles. The van der Waals surface area contributed by atoms with Gasteiger partial charge in [-0.15, -0.1) is 0 Å². The van der Waals surface area contributed by atoms with Gasteiger partial charge in [0.05, 0.1) is 24.3 Å². The number of hydrogen-bond acceptors (Lipinski definition) is 7. The summed E-state index contributed by atoms with van der Waals surface area (Å²) in [5, 5.41) is 3.38. The Morgan fingerprint density at radius 3 is 2.42 bits per heavy atom. The minimum atomic E-state index is -4.22. The lowest BCUT2D eigenvalue weighted by atomic mass is 10.3. The van der Waals surface area contributed by atoms with E-state index < -0.39 is 20.9 Å². The van der Waals surface area contributed by atoms with Crippen molar-refractivity contribution in [2.75, 3.05) is 19.1 Å². The summed E-state index contributed by atoms with van der Waals surface area (Å²) in [6, 6.07) is 12.1. The first-order valence-corrected chi connectivity index (χ1v) is 9.40. The Hall–Kier alpha value is -2.58. The molecule has 26 heavy (non-hydrogen) atoms. The van der Waals surface area contributed by atoms with E-state index in [4.69, 9.17) is 21.1 Å². The molecule has 0 saturated carbocycles. The molecule has 2 rings (SSSR count). The topological polar surface area (TPSA) is 94.1 Å². The molecule has 0 spiro atoms. The molecule has 2 aromatic carbocycles. The second kappa shape index (κ2) is 8.68. The maximum absolute atomic E-state index is 12.8. The average Bonchev–Trinajstić information content (AvgIpc) is 2.62. The number of carbonyl (C=O) groups is 1. The van der Waals surface area contributed by atoms with Crippen molar-refractivity contribution < 1.29 is 22.7 Å². The van der Waals surface area contributed by atoms with E-state index in [9.17, 15) is 13.2 Å². The number of nitrogens with one attached hydrogen (secondary N) is 1. The molecule has 9 heteroatoms. The fourth-order valence-corrected chi connectivity index (χ4v) is 3.27. The van der Waals surface area contributed by atoms with Crippen LogP contribution in [-0.2, 0) is 19.4 Å². The van der Waals surface area contributed by atoms with Crippen molar-refractivity contribution in [2.45, 2.75) is 11.8 Å². The number of nitrogens with zero attached hydrogens (tertiary/aromatic N) is 1. The number of benzene rings is 2. The van der Waals surface area contributed by atoms with Crippen LogP contribution < -0.4 is 10.2 Å².